The highest BCUT2D eigenvalue weighted by Gasteiger charge is 2.28. The Labute approximate surface area is 160 Å². The van der Waals surface area contributed by atoms with Crippen molar-refractivity contribution >= 4 is 17.9 Å². The molecule has 2 atom stereocenters. The van der Waals surface area contributed by atoms with Crippen LogP contribution in [0.15, 0.2) is 30.3 Å². The monoisotopic (exact) mass is 378 g/mol. The second-order valence-corrected chi connectivity index (χ2v) is 6.36. The van der Waals surface area contributed by atoms with Crippen molar-refractivity contribution in [2.45, 2.75) is 58.7 Å². The lowest BCUT2D eigenvalue weighted by Gasteiger charge is -2.28. The minimum absolute atomic E-state index is 0.129. The molecule has 0 spiro atoms. The first-order valence-electron chi connectivity index (χ1n) is 9.18. The van der Waals surface area contributed by atoms with E-state index in [-0.39, 0.29) is 6.61 Å². The molecule has 150 valence electrons. The van der Waals surface area contributed by atoms with Crippen LogP contribution in [0.25, 0.3) is 0 Å². The fourth-order valence-electron chi connectivity index (χ4n) is 2.44. The number of benzene rings is 1. The summed E-state index contributed by atoms with van der Waals surface area (Å²) in [5, 5.41) is 2.55. The summed E-state index contributed by atoms with van der Waals surface area (Å²) in [5.41, 5.74) is 2.85. The summed E-state index contributed by atoms with van der Waals surface area (Å²) in [4.78, 5) is 37.9. The number of rotatable bonds is 10. The second-order valence-electron chi connectivity index (χ2n) is 6.36. The van der Waals surface area contributed by atoms with E-state index in [4.69, 9.17) is 10.6 Å². The molecule has 0 aromatic heterocycles. The predicted molar refractivity (Wildman–Crippen MR) is 102 cm³/mol. The predicted octanol–water partition coefficient (Wildman–Crippen LogP) is 1.70. The van der Waals surface area contributed by atoms with Gasteiger partial charge in [-0.25, -0.2) is 10.6 Å². The third kappa shape index (κ3) is 7.65. The van der Waals surface area contributed by atoms with E-state index in [9.17, 15) is 14.4 Å². The van der Waals surface area contributed by atoms with Crippen LogP contribution < -0.4 is 16.6 Å². The third-order valence-corrected chi connectivity index (χ3v) is 4.18. The number of ether oxygens (including phenoxy) is 1. The molecular weight excluding hydrogens is 348 g/mol. The van der Waals surface area contributed by atoms with Crippen molar-refractivity contribution in [3.05, 3.63) is 35.9 Å². The van der Waals surface area contributed by atoms with Crippen molar-refractivity contribution in [1.29, 1.82) is 0 Å². The van der Waals surface area contributed by atoms with Gasteiger partial charge >= 0.3 is 6.09 Å². The van der Waals surface area contributed by atoms with E-state index < -0.39 is 30.0 Å². The summed E-state index contributed by atoms with van der Waals surface area (Å²) < 4.78 is 5.37. The number of unbranched alkanes of at least 4 members (excludes halogenated alkanes) is 2. The minimum atomic E-state index is -0.803. The molecule has 0 fully saturated rings. The first-order chi connectivity index (χ1) is 12.9. The second kappa shape index (κ2) is 11.9. The number of carbonyl (C=O) groups is 3. The molecule has 8 nitrogen and oxygen atoms in total. The van der Waals surface area contributed by atoms with E-state index in [1.807, 2.05) is 35.8 Å². The van der Waals surface area contributed by atoms with E-state index in [0.29, 0.717) is 6.54 Å². The quantitative estimate of drug-likeness (QED) is 0.248. The van der Waals surface area contributed by atoms with Crippen molar-refractivity contribution in [1.82, 2.24) is 15.6 Å². The van der Waals surface area contributed by atoms with Gasteiger partial charge in [-0.15, -0.1) is 0 Å². The summed E-state index contributed by atoms with van der Waals surface area (Å²) in [6.07, 6.45) is 2.12. The topological polar surface area (TPSA) is 114 Å². The van der Waals surface area contributed by atoms with Crippen LogP contribution in [0.1, 0.15) is 45.6 Å². The molecule has 1 rings (SSSR count). The molecule has 0 aliphatic rings. The number of carbonyl (C=O) groups excluding carboxylic acids is 3. The standard InChI is InChI=1S/C19H30N4O4/c1-4-5-9-12-23(15(3)18(25)21-14(2)17(24)22-20)19(26)27-13-16-10-7-6-8-11-16/h6-8,10-11,14-15H,4-5,9,12-13,20H2,1-3H3,(H,21,25)(H,22,24). The Kier molecular flexibility index (Phi) is 9.89. The maximum Gasteiger partial charge on any atom is 0.410 e. The lowest BCUT2D eigenvalue weighted by molar-refractivity contribution is -0.131. The van der Waals surface area contributed by atoms with Crippen LogP contribution in [0.5, 0.6) is 0 Å². The Hall–Kier alpha value is -2.61. The third-order valence-electron chi connectivity index (χ3n) is 4.18. The summed E-state index contributed by atoms with van der Waals surface area (Å²) in [6, 6.07) is 7.74. The van der Waals surface area contributed by atoms with Crippen molar-refractivity contribution < 1.29 is 19.1 Å². The number of hydrogen-bond donors (Lipinski definition) is 3. The number of amides is 3. The van der Waals surface area contributed by atoms with Gasteiger partial charge < -0.3 is 10.1 Å². The molecule has 4 N–H and O–H groups in total. The molecule has 1 aromatic carbocycles. The molecule has 2 unspecified atom stereocenters. The summed E-state index contributed by atoms with van der Waals surface area (Å²) >= 11 is 0. The molecular formula is C19H30N4O4. The maximum absolute atomic E-state index is 12.6. The first kappa shape index (κ1) is 22.4. The number of hydrazine groups is 1. The molecule has 0 heterocycles. The van der Waals surface area contributed by atoms with Crippen molar-refractivity contribution in [3.8, 4) is 0 Å². The van der Waals surface area contributed by atoms with Gasteiger partial charge in [0, 0.05) is 6.54 Å². The average Bonchev–Trinajstić information content (AvgIpc) is 2.69. The highest BCUT2D eigenvalue weighted by Crippen LogP contribution is 2.09. The minimum Gasteiger partial charge on any atom is -0.445 e. The molecule has 0 aliphatic heterocycles. The van der Waals surface area contributed by atoms with Crippen LogP contribution >= 0.6 is 0 Å². The van der Waals surface area contributed by atoms with Gasteiger partial charge in [0.05, 0.1) is 0 Å². The molecule has 0 saturated heterocycles. The molecule has 0 saturated carbocycles. The average molecular weight is 378 g/mol. The van der Waals surface area contributed by atoms with Gasteiger partial charge in [0.15, 0.2) is 0 Å². The van der Waals surface area contributed by atoms with Crippen LogP contribution in [0.4, 0.5) is 4.79 Å². The molecule has 27 heavy (non-hydrogen) atoms. The van der Waals surface area contributed by atoms with E-state index in [1.54, 1.807) is 6.92 Å². The van der Waals surface area contributed by atoms with Gasteiger partial charge in [-0.3, -0.25) is 19.9 Å². The van der Waals surface area contributed by atoms with E-state index in [2.05, 4.69) is 12.2 Å². The van der Waals surface area contributed by atoms with Gasteiger partial charge in [-0.05, 0) is 25.8 Å². The van der Waals surface area contributed by atoms with E-state index in [0.717, 1.165) is 24.8 Å². The highest BCUT2D eigenvalue weighted by atomic mass is 16.6. The Morgan fingerprint density at radius 1 is 1.11 bits per heavy atom. The smallest absolute Gasteiger partial charge is 0.410 e. The number of nitrogens with one attached hydrogen (secondary N) is 2. The zero-order valence-electron chi connectivity index (χ0n) is 16.2. The van der Waals surface area contributed by atoms with Gasteiger partial charge in [0.25, 0.3) is 5.91 Å². The fourth-order valence-corrected chi connectivity index (χ4v) is 2.44. The zero-order chi connectivity index (χ0) is 20.2. The Morgan fingerprint density at radius 2 is 1.78 bits per heavy atom. The number of hydrogen-bond acceptors (Lipinski definition) is 5. The van der Waals surface area contributed by atoms with Crippen LogP contribution in [-0.2, 0) is 20.9 Å². The van der Waals surface area contributed by atoms with E-state index >= 15 is 0 Å². The van der Waals surface area contributed by atoms with Gasteiger partial charge in [0.2, 0.25) is 5.91 Å². The van der Waals surface area contributed by atoms with Crippen LogP contribution in [-0.4, -0.2) is 41.4 Å². The van der Waals surface area contributed by atoms with Gasteiger partial charge in [0.1, 0.15) is 18.7 Å². The van der Waals surface area contributed by atoms with E-state index in [1.165, 1.54) is 11.8 Å². The summed E-state index contributed by atoms with van der Waals surface area (Å²) in [7, 11) is 0. The normalized spacial score (nSPS) is 12.6. The molecule has 8 heteroatoms. The Bertz CT molecular complexity index is 609. The summed E-state index contributed by atoms with van der Waals surface area (Å²) in [6.45, 7) is 5.71. The molecule has 0 aliphatic carbocycles. The van der Waals surface area contributed by atoms with Gasteiger partial charge in [-0.2, -0.15) is 0 Å². The highest BCUT2D eigenvalue weighted by molar-refractivity contribution is 5.90. The largest absolute Gasteiger partial charge is 0.445 e. The SMILES string of the molecule is CCCCCN(C(=O)OCc1ccccc1)C(C)C(=O)NC(C)C(=O)NN. The Balaban J connectivity index is 2.73. The number of nitrogens with two attached hydrogens (primary N) is 1. The van der Waals surface area contributed by atoms with Crippen molar-refractivity contribution in [2.24, 2.45) is 5.84 Å². The first-order valence-corrected chi connectivity index (χ1v) is 9.18. The van der Waals surface area contributed by atoms with Gasteiger partial charge in [-0.1, -0.05) is 50.1 Å². The molecule has 0 radical (unpaired) electrons. The fraction of sp³-hybridized carbons (Fsp3) is 0.526. The zero-order valence-corrected chi connectivity index (χ0v) is 16.2. The Morgan fingerprint density at radius 3 is 2.37 bits per heavy atom. The summed E-state index contributed by atoms with van der Waals surface area (Å²) in [5.74, 6) is 4.11. The van der Waals surface area contributed by atoms with Crippen molar-refractivity contribution in [2.75, 3.05) is 6.54 Å². The van der Waals surface area contributed by atoms with Crippen LogP contribution in [0.2, 0.25) is 0 Å². The molecule has 0 bridgehead atoms. The lowest BCUT2D eigenvalue weighted by Crippen LogP contribution is -2.54. The maximum atomic E-state index is 12.6. The van der Waals surface area contributed by atoms with Crippen molar-refractivity contribution in [3.63, 3.8) is 0 Å². The molecule has 1 aromatic rings. The van der Waals surface area contributed by atoms with Crippen LogP contribution in [0, 0.1) is 0 Å². The number of nitrogens with zero attached hydrogens (tertiary/aromatic N) is 1. The molecule has 3 amide bonds. The lowest BCUT2D eigenvalue weighted by atomic mass is 10.2. The van der Waals surface area contributed by atoms with Crippen LogP contribution in [0.3, 0.4) is 0 Å².